The Hall–Kier alpha value is -3.41. The zero-order valence-electron chi connectivity index (χ0n) is 14.2. The van der Waals surface area contributed by atoms with Crippen molar-refractivity contribution in [3.63, 3.8) is 0 Å². The summed E-state index contributed by atoms with van der Waals surface area (Å²) in [6.45, 7) is 3.63. The lowest BCUT2D eigenvalue weighted by atomic mass is 10.1. The number of phenolic OH excluding ortho intramolecular Hbond substituents is 1. The number of phenols is 1. The van der Waals surface area contributed by atoms with Gasteiger partial charge in [0.05, 0.1) is 0 Å². The van der Waals surface area contributed by atoms with Crippen molar-refractivity contribution < 1.29 is 18.7 Å². The van der Waals surface area contributed by atoms with E-state index in [1.54, 1.807) is 36.4 Å². The Morgan fingerprint density at radius 3 is 2.46 bits per heavy atom. The van der Waals surface area contributed by atoms with E-state index in [0.29, 0.717) is 11.4 Å². The molecule has 5 nitrogen and oxygen atoms in total. The SMILES string of the molecule is Cc1cc(-c2nc3ccc(Oc4ccccc4F)nc3o2)cc(C)c1O. The smallest absolute Gasteiger partial charge is 0.250 e. The van der Waals surface area contributed by atoms with Crippen LogP contribution < -0.4 is 4.74 Å². The van der Waals surface area contributed by atoms with Gasteiger partial charge < -0.3 is 14.3 Å². The van der Waals surface area contributed by atoms with Crippen molar-refractivity contribution in [3.8, 4) is 28.8 Å². The lowest BCUT2D eigenvalue weighted by Gasteiger charge is -2.05. The molecule has 0 aliphatic rings. The van der Waals surface area contributed by atoms with E-state index < -0.39 is 5.82 Å². The fraction of sp³-hybridized carbons (Fsp3) is 0.100. The molecule has 4 aromatic rings. The number of benzene rings is 2. The Bertz CT molecular complexity index is 1100. The summed E-state index contributed by atoms with van der Waals surface area (Å²) in [5.74, 6) is 0.472. The first-order valence-corrected chi connectivity index (χ1v) is 8.02. The van der Waals surface area contributed by atoms with Gasteiger partial charge in [-0.25, -0.2) is 9.37 Å². The highest BCUT2D eigenvalue weighted by Crippen LogP contribution is 2.31. The third kappa shape index (κ3) is 2.86. The quantitative estimate of drug-likeness (QED) is 0.554. The second-order valence-electron chi connectivity index (χ2n) is 5.98. The van der Waals surface area contributed by atoms with E-state index in [0.717, 1.165) is 16.7 Å². The number of para-hydroxylation sites is 1. The van der Waals surface area contributed by atoms with Gasteiger partial charge in [0.25, 0.3) is 5.71 Å². The van der Waals surface area contributed by atoms with E-state index in [2.05, 4.69) is 9.97 Å². The molecule has 0 aliphatic carbocycles. The van der Waals surface area contributed by atoms with Gasteiger partial charge in [0, 0.05) is 11.6 Å². The van der Waals surface area contributed by atoms with Crippen LogP contribution >= 0.6 is 0 Å². The second-order valence-corrected chi connectivity index (χ2v) is 5.98. The fourth-order valence-electron chi connectivity index (χ4n) is 2.70. The lowest BCUT2D eigenvalue weighted by Crippen LogP contribution is -1.90. The number of hydrogen-bond acceptors (Lipinski definition) is 5. The molecule has 6 heteroatoms. The molecule has 2 aromatic heterocycles. The first-order valence-electron chi connectivity index (χ1n) is 8.02. The van der Waals surface area contributed by atoms with Gasteiger partial charge in [-0.3, -0.25) is 0 Å². The molecule has 4 rings (SSSR count). The highest BCUT2D eigenvalue weighted by atomic mass is 19.1. The van der Waals surface area contributed by atoms with Crippen LogP contribution in [0.15, 0.2) is 52.9 Å². The first kappa shape index (κ1) is 16.1. The van der Waals surface area contributed by atoms with Crippen molar-refractivity contribution in [1.29, 1.82) is 0 Å². The van der Waals surface area contributed by atoms with E-state index in [1.807, 2.05) is 13.8 Å². The summed E-state index contributed by atoms with van der Waals surface area (Å²) in [7, 11) is 0. The topological polar surface area (TPSA) is 68.4 Å². The summed E-state index contributed by atoms with van der Waals surface area (Å²) < 4.78 is 24.9. The van der Waals surface area contributed by atoms with Crippen LogP contribution in [0.5, 0.6) is 17.4 Å². The molecule has 130 valence electrons. The summed E-state index contributed by atoms with van der Waals surface area (Å²) in [5.41, 5.74) is 3.06. The molecule has 0 saturated carbocycles. The molecular formula is C20H15FN2O3. The zero-order valence-corrected chi connectivity index (χ0v) is 14.2. The van der Waals surface area contributed by atoms with Crippen molar-refractivity contribution in [2.45, 2.75) is 13.8 Å². The van der Waals surface area contributed by atoms with Gasteiger partial charge in [0.1, 0.15) is 11.3 Å². The van der Waals surface area contributed by atoms with Crippen molar-refractivity contribution in [3.05, 3.63) is 65.5 Å². The van der Waals surface area contributed by atoms with Crippen LogP contribution in [-0.4, -0.2) is 15.1 Å². The lowest BCUT2D eigenvalue weighted by molar-refractivity contribution is 0.426. The maximum absolute atomic E-state index is 13.7. The van der Waals surface area contributed by atoms with Gasteiger partial charge in [-0.15, -0.1) is 0 Å². The molecular weight excluding hydrogens is 335 g/mol. The summed E-state index contributed by atoms with van der Waals surface area (Å²) in [5, 5.41) is 9.91. The molecule has 0 bridgehead atoms. The molecule has 0 aliphatic heterocycles. The minimum absolute atomic E-state index is 0.0869. The molecule has 1 N–H and O–H groups in total. The normalized spacial score (nSPS) is 11.0. The average Bonchev–Trinajstić information content (AvgIpc) is 3.04. The number of pyridine rings is 1. The number of oxazole rings is 1. The molecule has 0 amide bonds. The predicted octanol–water partition coefficient (Wildman–Crippen LogP) is 5.14. The van der Waals surface area contributed by atoms with E-state index in [9.17, 15) is 9.50 Å². The number of hydrogen-bond donors (Lipinski definition) is 1. The van der Waals surface area contributed by atoms with Crippen LogP contribution in [0.1, 0.15) is 11.1 Å². The van der Waals surface area contributed by atoms with Crippen LogP contribution in [0.25, 0.3) is 22.7 Å². The minimum atomic E-state index is -0.470. The van der Waals surface area contributed by atoms with Crippen LogP contribution in [0.4, 0.5) is 4.39 Å². The number of aromatic nitrogens is 2. The van der Waals surface area contributed by atoms with Crippen LogP contribution in [0, 0.1) is 19.7 Å². The number of halogens is 1. The minimum Gasteiger partial charge on any atom is -0.507 e. The summed E-state index contributed by atoms with van der Waals surface area (Å²) in [6.07, 6.45) is 0. The largest absolute Gasteiger partial charge is 0.507 e. The zero-order chi connectivity index (χ0) is 18.3. The summed E-state index contributed by atoms with van der Waals surface area (Å²) in [4.78, 5) is 8.67. The van der Waals surface area contributed by atoms with Crippen LogP contribution in [-0.2, 0) is 0 Å². The van der Waals surface area contributed by atoms with E-state index in [4.69, 9.17) is 9.15 Å². The van der Waals surface area contributed by atoms with Gasteiger partial charge in [0.2, 0.25) is 11.8 Å². The Morgan fingerprint density at radius 2 is 1.73 bits per heavy atom. The molecule has 0 atom stereocenters. The Kier molecular flexibility index (Phi) is 3.80. The van der Waals surface area contributed by atoms with Gasteiger partial charge >= 0.3 is 0 Å². The molecule has 0 spiro atoms. The van der Waals surface area contributed by atoms with Gasteiger partial charge in [-0.1, -0.05) is 12.1 Å². The first-order chi connectivity index (χ1) is 12.5. The van der Waals surface area contributed by atoms with Gasteiger partial charge in [-0.05, 0) is 55.3 Å². The monoisotopic (exact) mass is 350 g/mol. The highest BCUT2D eigenvalue weighted by molar-refractivity contribution is 5.74. The van der Waals surface area contributed by atoms with Crippen molar-refractivity contribution in [2.75, 3.05) is 0 Å². The van der Waals surface area contributed by atoms with Gasteiger partial charge in [0.15, 0.2) is 11.6 Å². The molecule has 2 aromatic carbocycles. The number of nitrogens with zero attached hydrogens (tertiary/aromatic N) is 2. The second kappa shape index (κ2) is 6.15. The maximum Gasteiger partial charge on any atom is 0.250 e. The molecule has 0 saturated heterocycles. The van der Waals surface area contributed by atoms with E-state index in [1.165, 1.54) is 12.1 Å². The third-order valence-electron chi connectivity index (χ3n) is 4.02. The number of rotatable bonds is 3. The van der Waals surface area contributed by atoms with Crippen molar-refractivity contribution >= 4 is 11.2 Å². The maximum atomic E-state index is 13.7. The third-order valence-corrected chi connectivity index (χ3v) is 4.02. The molecule has 0 radical (unpaired) electrons. The van der Waals surface area contributed by atoms with Gasteiger partial charge in [-0.2, -0.15) is 4.98 Å². The Labute approximate surface area is 148 Å². The van der Waals surface area contributed by atoms with E-state index in [-0.39, 0.29) is 23.1 Å². The Morgan fingerprint density at radius 1 is 1.00 bits per heavy atom. The van der Waals surface area contributed by atoms with Crippen LogP contribution in [0.2, 0.25) is 0 Å². The predicted molar refractivity (Wildman–Crippen MR) is 94.9 cm³/mol. The number of aromatic hydroxyl groups is 1. The molecule has 2 heterocycles. The molecule has 26 heavy (non-hydrogen) atoms. The van der Waals surface area contributed by atoms with Crippen molar-refractivity contribution in [1.82, 2.24) is 9.97 Å². The highest BCUT2D eigenvalue weighted by Gasteiger charge is 2.14. The van der Waals surface area contributed by atoms with Crippen molar-refractivity contribution in [2.24, 2.45) is 0 Å². The molecule has 0 unspecified atom stereocenters. The summed E-state index contributed by atoms with van der Waals surface area (Å²) in [6, 6.07) is 13.0. The Balaban J connectivity index is 1.71. The summed E-state index contributed by atoms with van der Waals surface area (Å²) >= 11 is 0. The standard InChI is InChI=1S/C20H15FN2O3/c1-11-9-13(10-12(2)18(11)24)19-22-15-7-8-17(23-20(15)26-19)25-16-6-4-3-5-14(16)21/h3-10,24H,1-2H3. The fourth-order valence-corrected chi connectivity index (χ4v) is 2.70. The number of ether oxygens (including phenoxy) is 1. The van der Waals surface area contributed by atoms with Crippen LogP contribution in [0.3, 0.4) is 0 Å². The van der Waals surface area contributed by atoms with E-state index >= 15 is 0 Å². The average molecular weight is 350 g/mol. The number of fused-ring (bicyclic) bond motifs is 1. The number of aryl methyl sites for hydroxylation is 2. The molecule has 0 fully saturated rings.